The minimum Gasteiger partial charge on any atom is -0.511 e. The molecule has 0 atom stereocenters. The number of benzene rings is 2. The summed E-state index contributed by atoms with van der Waals surface area (Å²) >= 11 is 12.4. The van der Waals surface area contributed by atoms with E-state index in [0.29, 0.717) is 21.5 Å². The second-order valence-corrected chi connectivity index (χ2v) is 9.49. The number of hydrogen-bond acceptors (Lipinski definition) is 2. The van der Waals surface area contributed by atoms with Gasteiger partial charge in [-0.1, -0.05) is 35.3 Å². The van der Waals surface area contributed by atoms with Crippen LogP contribution in [-0.2, 0) is 0 Å². The minimum atomic E-state index is -2.46. The molecule has 0 amide bonds. The highest BCUT2D eigenvalue weighted by Crippen LogP contribution is 2.31. The Hall–Kier alpha value is -1.16. The molecule has 0 aliphatic rings. The monoisotopic (exact) mass is 340 g/mol. The summed E-state index contributed by atoms with van der Waals surface area (Å²) in [5.74, 6) is 1.30. The molecule has 0 N–H and O–H groups in total. The maximum atomic E-state index is 6.18. The highest BCUT2D eigenvalue weighted by molar-refractivity contribution is 6.66. The number of halogens is 2. The summed E-state index contributed by atoms with van der Waals surface area (Å²) in [6.45, 7) is 7.92. The predicted molar refractivity (Wildman–Crippen MR) is 91.1 cm³/mol. The maximum Gasteiger partial charge on any atom is 0.454 e. The van der Waals surface area contributed by atoms with Crippen LogP contribution in [0.5, 0.6) is 11.5 Å². The van der Waals surface area contributed by atoms with E-state index in [1.165, 1.54) is 0 Å². The summed E-state index contributed by atoms with van der Waals surface area (Å²) in [5.41, 5.74) is 2.18. The van der Waals surface area contributed by atoms with Crippen LogP contribution in [0.25, 0.3) is 0 Å². The molecule has 0 saturated carbocycles. The van der Waals surface area contributed by atoms with Crippen molar-refractivity contribution in [2.24, 2.45) is 0 Å². The van der Waals surface area contributed by atoms with Gasteiger partial charge in [-0.2, -0.15) is 0 Å². The molecule has 2 aromatic carbocycles. The van der Waals surface area contributed by atoms with Crippen molar-refractivity contribution in [3.8, 4) is 11.5 Å². The fourth-order valence-corrected chi connectivity index (χ4v) is 3.81. The fourth-order valence-electron chi connectivity index (χ4n) is 1.93. The van der Waals surface area contributed by atoms with Crippen LogP contribution in [0.2, 0.25) is 23.1 Å². The van der Waals surface area contributed by atoms with Gasteiger partial charge >= 0.3 is 8.56 Å². The third-order valence-electron chi connectivity index (χ3n) is 2.88. The summed E-state index contributed by atoms with van der Waals surface area (Å²) in [7, 11) is -2.46. The standard InChI is InChI=1S/C16H18Cl2O2Si/c1-11-5-7-13(17)15(9-11)19-21(3,4)20-16-10-12(2)6-8-14(16)18/h5-10H,1-4H3. The van der Waals surface area contributed by atoms with Gasteiger partial charge in [-0.3, -0.25) is 0 Å². The first-order valence-electron chi connectivity index (χ1n) is 6.67. The molecule has 0 spiro atoms. The van der Waals surface area contributed by atoms with Crippen LogP contribution in [-0.4, -0.2) is 8.56 Å². The molecule has 2 aromatic rings. The van der Waals surface area contributed by atoms with Crippen molar-refractivity contribution in [1.82, 2.24) is 0 Å². The Balaban J connectivity index is 2.22. The van der Waals surface area contributed by atoms with E-state index >= 15 is 0 Å². The highest BCUT2D eigenvalue weighted by Gasteiger charge is 2.30. The molecule has 0 saturated heterocycles. The summed E-state index contributed by atoms with van der Waals surface area (Å²) < 4.78 is 12.1. The van der Waals surface area contributed by atoms with Crippen LogP contribution in [0, 0.1) is 13.8 Å². The molecule has 0 bridgehead atoms. The van der Waals surface area contributed by atoms with Gasteiger partial charge in [-0.15, -0.1) is 0 Å². The first-order chi connectivity index (χ1) is 9.77. The summed E-state index contributed by atoms with van der Waals surface area (Å²) in [6.07, 6.45) is 0. The lowest BCUT2D eigenvalue weighted by molar-refractivity contribution is 0.399. The zero-order chi connectivity index (χ0) is 15.6. The van der Waals surface area contributed by atoms with Gasteiger partial charge in [-0.05, 0) is 49.2 Å². The molecule has 2 nitrogen and oxygen atoms in total. The van der Waals surface area contributed by atoms with Gasteiger partial charge in [0.1, 0.15) is 11.5 Å². The molecule has 0 aliphatic heterocycles. The topological polar surface area (TPSA) is 18.5 Å². The third kappa shape index (κ3) is 4.40. The Morgan fingerprint density at radius 3 is 1.52 bits per heavy atom. The van der Waals surface area contributed by atoms with Crippen LogP contribution < -0.4 is 8.85 Å². The van der Waals surface area contributed by atoms with Crippen molar-refractivity contribution in [3.63, 3.8) is 0 Å². The highest BCUT2D eigenvalue weighted by atomic mass is 35.5. The smallest absolute Gasteiger partial charge is 0.454 e. The van der Waals surface area contributed by atoms with E-state index < -0.39 is 8.56 Å². The maximum absolute atomic E-state index is 6.18. The van der Waals surface area contributed by atoms with Crippen LogP contribution in [0.1, 0.15) is 11.1 Å². The van der Waals surface area contributed by atoms with Crippen molar-refractivity contribution < 1.29 is 8.85 Å². The van der Waals surface area contributed by atoms with Crippen molar-refractivity contribution in [3.05, 3.63) is 57.6 Å². The fraction of sp³-hybridized carbons (Fsp3) is 0.250. The zero-order valence-corrected chi connectivity index (χ0v) is 15.0. The molecule has 21 heavy (non-hydrogen) atoms. The number of rotatable bonds is 4. The number of hydrogen-bond donors (Lipinski definition) is 0. The lowest BCUT2D eigenvalue weighted by Crippen LogP contribution is -2.42. The Bertz CT molecular complexity index is 601. The van der Waals surface area contributed by atoms with Crippen molar-refractivity contribution in [2.45, 2.75) is 26.9 Å². The molecule has 5 heteroatoms. The van der Waals surface area contributed by atoms with Crippen LogP contribution in [0.15, 0.2) is 36.4 Å². The Morgan fingerprint density at radius 1 is 0.762 bits per heavy atom. The summed E-state index contributed by atoms with van der Waals surface area (Å²) in [4.78, 5) is 0. The molecule has 0 aromatic heterocycles. The van der Waals surface area contributed by atoms with E-state index in [2.05, 4.69) is 0 Å². The third-order valence-corrected chi connectivity index (χ3v) is 4.93. The second-order valence-electron chi connectivity index (χ2n) is 5.47. The van der Waals surface area contributed by atoms with E-state index in [-0.39, 0.29) is 0 Å². The van der Waals surface area contributed by atoms with Crippen molar-refractivity contribution in [2.75, 3.05) is 0 Å². The van der Waals surface area contributed by atoms with E-state index in [1.54, 1.807) is 0 Å². The zero-order valence-electron chi connectivity index (χ0n) is 12.5. The van der Waals surface area contributed by atoms with E-state index in [9.17, 15) is 0 Å². The van der Waals surface area contributed by atoms with Gasteiger partial charge in [-0.25, -0.2) is 0 Å². The number of aryl methyl sites for hydroxylation is 2. The molecule has 0 aliphatic carbocycles. The average Bonchev–Trinajstić information content (AvgIpc) is 2.37. The molecule has 2 rings (SSSR count). The quantitative estimate of drug-likeness (QED) is 0.657. The largest absolute Gasteiger partial charge is 0.511 e. The SMILES string of the molecule is Cc1ccc(Cl)c(O[Si](C)(C)Oc2cc(C)ccc2Cl)c1. The Kier molecular flexibility index (Phi) is 4.87. The molecule has 112 valence electrons. The van der Waals surface area contributed by atoms with Crippen molar-refractivity contribution >= 4 is 31.8 Å². The van der Waals surface area contributed by atoms with Gasteiger partial charge in [0.2, 0.25) is 0 Å². The molecule has 0 radical (unpaired) electrons. The normalized spacial score (nSPS) is 11.3. The van der Waals surface area contributed by atoms with Crippen molar-refractivity contribution in [1.29, 1.82) is 0 Å². The lowest BCUT2D eigenvalue weighted by atomic mass is 10.2. The molecule has 0 unspecified atom stereocenters. The summed E-state index contributed by atoms with van der Waals surface area (Å²) in [5, 5.41) is 1.17. The molecule has 0 fully saturated rings. The van der Waals surface area contributed by atoms with E-state index in [0.717, 1.165) is 11.1 Å². The Labute approximate surface area is 136 Å². The van der Waals surface area contributed by atoms with E-state index in [1.807, 2.05) is 63.3 Å². The molecular formula is C16H18Cl2O2Si. The minimum absolute atomic E-state index is 0.583. The summed E-state index contributed by atoms with van der Waals surface area (Å²) in [6, 6.07) is 11.4. The molecular weight excluding hydrogens is 323 g/mol. The molecule has 0 heterocycles. The predicted octanol–water partition coefficient (Wildman–Crippen LogP) is 5.77. The lowest BCUT2D eigenvalue weighted by Gasteiger charge is -2.26. The van der Waals surface area contributed by atoms with E-state index in [4.69, 9.17) is 32.1 Å². The van der Waals surface area contributed by atoms with Crippen LogP contribution in [0.4, 0.5) is 0 Å². The Morgan fingerprint density at radius 2 is 1.14 bits per heavy atom. The first kappa shape index (κ1) is 16.2. The first-order valence-corrected chi connectivity index (χ1v) is 10.2. The van der Waals surface area contributed by atoms with Gasteiger partial charge in [0.15, 0.2) is 0 Å². The van der Waals surface area contributed by atoms with Gasteiger partial charge in [0, 0.05) is 13.1 Å². The van der Waals surface area contributed by atoms with Crippen LogP contribution >= 0.6 is 23.2 Å². The average molecular weight is 341 g/mol. The van der Waals surface area contributed by atoms with Gasteiger partial charge in [0.05, 0.1) is 10.0 Å². The van der Waals surface area contributed by atoms with Crippen LogP contribution in [0.3, 0.4) is 0 Å². The second kappa shape index (κ2) is 6.30. The van der Waals surface area contributed by atoms with Gasteiger partial charge < -0.3 is 8.85 Å². The van der Waals surface area contributed by atoms with Gasteiger partial charge in [0.25, 0.3) is 0 Å².